The molecule has 3 rings (SSSR count). The maximum atomic E-state index is 11.5. The van der Waals surface area contributed by atoms with E-state index in [1.54, 1.807) is 0 Å². The van der Waals surface area contributed by atoms with Gasteiger partial charge in [-0.25, -0.2) is 0 Å². The van der Waals surface area contributed by atoms with Gasteiger partial charge in [-0.05, 0) is 29.5 Å². The van der Waals surface area contributed by atoms with Crippen LogP contribution in [0.15, 0.2) is 84.9 Å². The SMILES string of the molecule is NC(Cc1ccccc1)(Cc1ccccc1)c1ccccc1C=O. The molecule has 0 aliphatic rings. The average molecular weight is 315 g/mol. The van der Waals surface area contributed by atoms with Gasteiger partial charge in [-0.2, -0.15) is 0 Å². The van der Waals surface area contributed by atoms with Gasteiger partial charge >= 0.3 is 0 Å². The first-order valence-electron chi connectivity index (χ1n) is 8.13. The summed E-state index contributed by atoms with van der Waals surface area (Å²) in [6.07, 6.45) is 2.24. The second kappa shape index (κ2) is 7.24. The van der Waals surface area contributed by atoms with E-state index in [1.807, 2.05) is 60.7 Å². The second-order valence-corrected chi connectivity index (χ2v) is 6.19. The topological polar surface area (TPSA) is 43.1 Å². The fraction of sp³-hybridized carbons (Fsp3) is 0.136. The number of carbonyl (C=O) groups is 1. The second-order valence-electron chi connectivity index (χ2n) is 6.19. The summed E-state index contributed by atoms with van der Waals surface area (Å²) in [5.74, 6) is 0. The van der Waals surface area contributed by atoms with E-state index in [0.29, 0.717) is 18.4 Å². The van der Waals surface area contributed by atoms with E-state index >= 15 is 0 Å². The lowest BCUT2D eigenvalue weighted by atomic mass is 9.78. The average Bonchev–Trinajstić information content (AvgIpc) is 2.63. The van der Waals surface area contributed by atoms with Crippen molar-refractivity contribution in [3.05, 3.63) is 107 Å². The number of nitrogens with two attached hydrogens (primary N) is 1. The van der Waals surface area contributed by atoms with Crippen molar-refractivity contribution in [2.45, 2.75) is 18.4 Å². The molecule has 120 valence electrons. The zero-order chi connectivity index (χ0) is 16.8. The molecule has 3 aromatic rings. The number of carbonyl (C=O) groups excluding carboxylic acids is 1. The van der Waals surface area contributed by atoms with Crippen LogP contribution < -0.4 is 5.73 Å². The Morgan fingerprint density at radius 3 is 1.67 bits per heavy atom. The lowest BCUT2D eigenvalue weighted by molar-refractivity contribution is 0.112. The molecule has 2 N–H and O–H groups in total. The predicted molar refractivity (Wildman–Crippen MR) is 98.0 cm³/mol. The van der Waals surface area contributed by atoms with Gasteiger partial charge in [0.25, 0.3) is 0 Å². The first-order valence-corrected chi connectivity index (χ1v) is 8.13. The van der Waals surface area contributed by atoms with E-state index in [9.17, 15) is 4.79 Å². The van der Waals surface area contributed by atoms with Gasteiger partial charge in [0.2, 0.25) is 0 Å². The lowest BCUT2D eigenvalue weighted by Gasteiger charge is -2.32. The normalized spacial score (nSPS) is 11.2. The zero-order valence-corrected chi connectivity index (χ0v) is 13.6. The monoisotopic (exact) mass is 315 g/mol. The van der Waals surface area contributed by atoms with E-state index in [4.69, 9.17) is 5.73 Å². The Labute approximate surface area is 143 Å². The molecule has 2 heteroatoms. The van der Waals surface area contributed by atoms with Crippen molar-refractivity contribution < 1.29 is 4.79 Å². The predicted octanol–water partition coefficient (Wildman–Crippen LogP) is 4.14. The Morgan fingerprint density at radius 1 is 0.708 bits per heavy atom. The molecule has 0 saturated heterocycles. The third-order valence-electron chi connectivity index (χ3n) is 4.35. The summed E-state index contributed by atoms with van der Waals surface area (Å²) in [7, 11) is 0. The van der Waals surface area contributed by atoms with Crippen molar-refractivity contribution in [1.29, 1.82) is 0 Å². The number of hydrogen-bond acceptors (Lipinski definition) is 2. The summed E-state index contributed by atoms with van der Waals surface area (Å²) >= 11 is 0. The molecular formula is C22H21NO. The third-order valence-corrected chi connectivity index (χ3v) is 4.35. The van der Waals surface area contributed by atoms with Crippen LogP contribution in [0.4, 0.5) is 0 Å². The highest BCUT2D eigenvalue weighted by Crippen LogP contribution is 2.29. The highest BCUT2D eigenvalue weighted by atomic mass is 16.1. The van der Waals surface area contributed by atoms with Crippen LogP contribution in [0.1, 0.15) is 27.0 Å². The highest BCUT2D eigenvalue weighted by Gasteiger charge is 2.30. The first kappa shape index (κ1) is 16.2. The standard InChI is InChI=1S/C22H21NO/c23-22(15-18-9-3-1-4-10-18,16-19-11-5-2-6-12-19)21-14-8-7-13-20(21)17-24/h1-14,17H,15-16,23H2. The molecule has 0 aromatic heterocycles. The van der Waals surface area contributed by atoms with E-state index in [1.165, 1.54) is 0 Å². The molecule has 0 spiro atoms. The van der Waals surface area contributed by atoms with Crippen LogP contribution in [0.25, 0.3) is 0 Å². The molecular weight excluding hydrogens is 294 g/mol. The minimum absolute atomic E-state index is 0.639. The Hall–Kier alpha value is -2.71. The van der Waals surface area contributed by atoms with Crippen molar-refractivity contribution in [2.75, 3.05) is 0 Å². The van der Waals surface area contributed by atoms with Crippen LogP contribution >= 0.6 is 0 Å². The Kier molecular flexibility index (Phi) is 4.88. The van der Waals surface area contributed by atoms with Gasteiger partial charge in [-0.3, -0.25) is 4.79 Å². The van der Waals surface area contributed by atoms with Gasteiger partial charge in [-0.15, -0.1) is 0 Å². The summed E-state index contributed by atoms with van der Waals surface area (Å²) in [5, 5.41) is 0. The van der Waals surface area contributed by atoms with Gasteiger partial charge in [-0.1, -0.05) is 84.9 Å². The summed E-state index contributed by atoms with van der Waals surface area (Å²) in [5.41, 5.74) is 10.1. The molecule has 0 heterocycles. The molecule has 0 bridgehead atoms. The van der Waals surface area contributed by atoms with Crippen molar-refractivity contribution >= 4 is 6.29 Å². The Bertz CT molecular complexity index is 755. The van der Waals surface area contributed by atoms with Crippen LogP contribution in [0.3, 0.4) is 0 Å². The number of rotatable bonds is 6. The minimum atomic E-state index is -0.639. The van der Waals surface area contributed by atoms with Gasteiger partial charge in [0.05, 0.1) is 0 Å². The van der Waals surface area contributed by atoms with Crippen LogP contribution in [0.2, 0.25) is 0 Å². The zero-order valence-electron chi connectivity index (χ0n) is 13.6. The molecule has 0 saturated carbocycles. The summed E-state index contributed by atoms with van der Waals surface area (Å²) < 4.78 is 0. The molecule has 0 amide bonds. The molecule has 0 aliphatic carbocycles. The Morgan fingerprint density at radius 2 is 1.17 bits per heavy atom. The number of hydrogen-bond donors (Lipinski definition) is 1. The molecule has 2 nitrogen and oxygen atoms in total. The van der Waals surface area contributed by atoms with Crippen LogP contribution in [-0.4, -0.2) is 6.29 Å². The van der Waals surface area contributed by atoms with E-state index in [-0.39, 0.29) is 0 Å². The minimum Gasteiger partial charge on any atom is -0.321 e. The molecule has 0 aliphatic heterocycles. The summed E-state index contributed by atoms with van der Waals surface area (Å²) in [6, 6.07) is 28.0. The molecule has 0 unspecified atom stereocenters. The van der Waals surface area contributed by atoms with Crippen molar-refractivity contribution in [2.24, 2.45) is 5.73 Å². The quantitative estimate of drug-likeness (QED) is 0.695. The first-order chi connectivity index (χ1) is 11.7. The maximum absolute atomic E-state index is 11.5. The fourth-order valence-electron chi connectivity index (χ4n) is 3.23. The Balaban J connectivity index is 2.04. The molecule has 0 fully saturated rings. The van der Waals surface area contributed by atoms with Crippen molar-refractivity contribution in [1.82, 2.24) is 0 Å². The van der Waals surface area contributed by atoms with E-state index in [0.717, 1.165) is 23.0 Å². The lowest BCUT2D eigenvalue weighted by Crippen LogP contribution is -2.42. The molecule has 0 radical (unpaired) electrons. The van der Waals surface area contributed by atoms with Crippen molar-refractivity contribution in [3.63, 3.8) is 0 Å². The van der Waals surface area contributed by atoms with Gasteiger partial charge < -0.3 is 5.73 Å². The molecule has 24 heavy (non-hydrogen) atoms. The van der Waals surface area contributed by atoms with Crippen LogP contribution in [-0.2, 0) is 18.4 Å². The van der Waals surface area contributed by atoms with Gasteiger partial charge in [0.15, 0.2) is 0 Å². The van der Waals surface area contributed by atoms with Crippen LogP contribution in [0, 0.1) is 0 Å². The van der Waals surface area contributed by atoms with E-state index < -0.39 is 5.54 Å². The largest absolute Gasteiger partial charge is 0.321 e. The molecule has 0 atom stereocenters. The molecule has 3 aromatic carbocycles. The number of aldehydes is 1. The van der Waals surface area contributed by atoms with Crippen molar-refractivity contribution in [3.8, 4) is 0 Å². The van der Waals surface area contributed by atoms with Gasteiger partial charge in [0.1, 0.15) is 6.29 Å². The highest BCUT2D eigenvalue weighted by molar-refractivity contribution is 5.78. The summed E-state index contributed by atoms with van der Waals surface area (Å²) in [4.78, 5) is 11.5. The van der Waals surface area contributed by atoms with Gasteiger partial charge in [0, 0.05) is 11.1 Å². The smallest absolute Gasteiger partial charge is 0.150 e. The van der Waals surface area contributed by atoms with E-state index in [2.05, 4.69) is 24.3 Å². The fourth-order valence-corrected chi connectivity index (χ4v) is 3.23. The number of benzene rings is 3. The van der Waals surface area contributed by atoms with Crippen LogP contribution in [0.5, 0.6) is 0 Å². The maximum Gasteiger partial charge on any atom is 0.150 e. The summed E-state index contributed by atoms with van der Waals surface area (Å²) in [6.45, 7) is 0. The third kappa shape index (κ3) is 3.61.